The number of benzene rings is 1. The van der Waals surface area contributed by atoms with E-state index in [0.29, 0.717) is 0 Å². The molecule has 130 valence electrons. The summed E-state index contributed by atoms with van der Waals surface area (Å²) >= 11 is 1.63. The third kappa shape index (κ3) is 3.04. The summed E-state index contributed by atoms with van der Waals surface area (Å²) < 4.78 is 3.72. The van der Waals surface area contributed by atoms with E-state index in [9.17, 15) is 4.79 Å². The number of para-hydroxylation sites is 1. The number of carbonyl (C=O) groups excluding carboxylic acids is 1. The van der Waals surface area contributed by atoms with Crippen molar-refractivity contribution in [3.8, 4) is 11.3 Å². The Morgan fingerprint density at radius 2 is 2.19 bits per heavy atom. The summed E-state index contributed by atoms with van der Waals surface area (Å²) in [5.74, 6) is 0.501. The summed E-state index contributed by atoms with van der Waals surface area (Å²) in [6.07, 6.45) is 5.53. The highest BCUT2D eigenvalue weighted by Gasteiger charge is 2.18. The number of aromatic nitrogens is 3. The van der Waals surface area contributed by atoms with Crippen molar-refractivity contribution >= 4 is 34.4 Å². The first-order chi connectivity index (χ1) is 12.6. The molecule has 3 heterocycles. The van der Waals surface area contributed by atoms with Gasteiger partial charge in [0.1, 0.15) is 11.5 Å². The Kier molecular flexibility index (Phi) is 4.14. The number of primary amides is 1. The Hall–Kier alpha value is -3.19. The lowest BCUT2D eigenvalue weighted by molar-refractivity contribution is -0.683. The standard InChI is InChI=1S/C19H17N5OS/c1-13-4-2-3-5-15(13)21-19-18(14-6-9-26-12-14)22-17-11-23(10-16(20)25)7-8-24(17)19/h2-9,11-12H,10H2,1H3,(H2,20,25)/p+1. The lowest BCUT2D eigenvalue weighted by Crippen LogP contribution is -2.40. The van der Waals surface area contributed by atoms with Gasteiger partial charge in [-0.05, 0) is 30.0 Å². The average molecular weight is 364 g/mol. The molecule has 1 aromatic carbocycles. The van der Waals surface area contributed by atoms with E-state index in [2.05, 4.69) is 23.7 Å². The van der Waals surface area contributed by atoms with E-state index < -0.39 is 0 Å². The molecule has 0 fully saturated rings. The molecule has 0 aliphatic rings. The summed E-state index contributed by atoms with van der Waals surface area (Å²) in [5, 5.41) is 7.62. The first-order valence-electron chi connectivity index (χ1n) is 8.16. The molecule has 1 amide bonds. The molecular formula is C19H18N5OS+. The van der Waals surface area contributed by atoms with Crippen LogP contribution in [0.25, 0.3) is 16.9 Å². The van der Waals surface area contributed by atoms with Crippen LogP contribution in [-0.2, 0) is 11.3 Å². The van der Waals surface area contributed by atoms with Gasteiger partial charge in [0, 0.05) is 16.6 Å². The fourth-order valence-electron chi connectivity index (χ4n) is 2.87. The lowest BCUT2D eigenvalue weighted by atomic mass is 10.2. The molecule has 4 aromatic rings. The SMILES string of the molecule is Cc1ccccc1Nc1c(-c2ccsc2)nc2c[n+](CC(N)=O)ccn12. The second-order valence-electron chi connectivity index (χ2n) is 6.06. The minimum absolute atomic E-state index is 0.123. The van der Waals surface area contributed by atoms with Crippen molar-refractivity contribution in [1.29, 1.82) is 0 Å². The molecule has 0 saturated heterocycles. The van der Waals surface area contributed by atoms with Crippen molar-refractivity contribution < 1.29 is 9.36 Å². The second kappa shape index (κ2) is 6.61. The van der Waals surface area contributed by atoms with Gasteiger partial charge >= 0.3 is 0 Å². The van der Waals surface area contributed by atoms with Gasteiger partial charge in [0.25, 0.3) is 5.91 Å². The molecule has 0 radical (unpaired) electrons. The van der Waals surface area contributed by atoms with Crippen molar-refractivity contribution in [1.82, 2.24) is 9.38 Å². The van der Waals surface area contributed by atoms with E-state index in [-0.39, 0.29) is 12.5 Å². The van der Waals surface area contributed by atoms with E-state index in [4.69, 9.17) is 10.7 Å². The predicted octanol–water partition coefficient (Wildman–Crippen LogP) is 2.89. The molecule has 0 bridgehead atoms. The fourth-order valence-corrected chi connectivity index (χ4v) is 3.52. The molecule has 26 heavy (non-hydrogen) atoms. The maximum atomic E-state index is 11.2. The summed E-state index contributed by atoms with van der Waals surface area (Å²) in [5.41, 5.74) is 10.1. The molecule has 0 unspecified atom stereocenters. The largest absolute Gasteiger partial charge is 0.364 e. The molecule has 0 saturated carbocycles. The Labute approximate surface area is 154 Å². The molecule has 4 rings (SSSR count). The van der Waals surface area contributed by atoms with Crippen LogP contribution in [0.4, 0.5) is 11.5 Å². The minimum atomic E-state index is -0.387. The van der Waals surface area contributed by atoms with E-state index in [1.165, 1.54) is 0 Å². The first-order valence-corrected chi connectivity index (χ1v) is 9.11. The topological polar surface area (TPSA) is 76.3 Å². The third-order valence-corrected chi connectivity index (χ3v) is 4.84. The number of amides is 1. The van der Waals surface area contributed by atoms with Crippen LogP contribution in [0.3, 0.4) is 0 Å². The Morgan fingerprint density at radius 1 is 1.35 bits per heavy atom. The zero-order valence-electron chi connectivity index (χ0n) is 14.2. The number of nitrogens with zero attached hydrogens (tertiary/aromatic N) is 3. The molecule has 7 heteroatoms. The smallest absolute Gasteiger partial charge is 0.283 e. The quantitative estimate of drug-likeness (QED) is 0.535. The molecule has 0 aliphatic heterocycles. The van der Waals surface area contributed by atoms with Crippen LogP contribution in [0.1, 0.15) is 5.56 Å². The molecule has 0 atom stereocenters. The molecular weight excluding hydrogens is 346 g/mol. The van der Waals surface area contributed by atoms with E-state index in [0.717, 1.165) is 34.0 Å². The molecule has 3 N–H and O–H groups in total. The normalized spacial score (nSPS) is 11.0. The molecule has 3 aromatic heterocycles. The molecule has 0 spiro atoms. The van der Waals surface area contributed by atoms with Crippen LogP contribution >= 0.6 is 11.3 Å². The zero-order valence-corrected chi connectivity index (χ0v) is 15.0. The van der Waals surface area contributed by atoms with Crippen LogP contribution in [-0.4, -0.2) is 15.3 Å². The van der Waals surface area contributed by atoms with E-state index >= 15 is 0 Å². The number of nitrogens with two attached hydrogens (primary N) is 1. The highest BCUT2D eigenvalue weighted by atomic mass is 32.1. The summed E-state index contributed by atoms with van der Waals surface area (Å²) in [7, 11) is 0. The minimum Gasteiger partial charge on any atom is -0.364 e. The van der Waals surface area contributed by atoms with Gasteiger partial charge < -0.3 is 11.1 Å². The summed E-state index contributed by atoms with van der Waals surface area (Å²) in [6, 6.07) is 10.2. The monoisotopic (exact) mass is 364 g/mol. The Balaban J connectivity index is 1.86. The Morgan fingerprint density at radius 3 is 2.92 bits per heavy atom. The number of carbonyl (C=O) groups is 1. The van der Waals surface area contributed by atoms with Gasteiger partial charge in [-0.3, -0.25) is 9.20 Å². The van der Waals surface area contributed by atoms with E-state index in [1.54, 1.807) is 15.9 Å². The predicted molar refractivity (Wildman–Crippen MR) is 102 cm³/mol. The Bertz CT molecular complexity index is 1080. The number of hydrogen-bond acceptors (Lipinski definition) is 4. The maximum absolute atomic E-state index is 11.2. The van der Waals surface area contributed by atoms with Crippen molar-refractivity contribution in [3.63, 3.8) is 0 Å². The zero-order chi connectivity index (χ0) is 18.1. The highest BCUT2D eigenvalue weighted by molar-refractivity contribution is 7.08. The van der Waals surface area contributed by atoms with Gasteiger partial charge in [-0.25, -0.2) is 4.98 Å². The second-order valence-corrected chi connectivity index (χ2v) is 6.84. The number of imidazole rings is 1. The van der Waals surface area contributed by atoms with Crippen molar-refractivity contribution in [2.24, 2.45) is 5.73 Å². The van der Waals surface area contributed by atoms with Crippen LogP contribution in [0, 0.1) is 6.92 Å². The highest BCUT2D eigenvalue weighted by Crippen LogP contribution is 2.32. The molecule has 6 nitrogen and oxygen atoms in total. The van der Waals surface area contributed by atoms with Gasteiger partial charge in [0.2, 0.25) is 18.4 Å². The van der Waals surface area contributed by atoms with E-state index in [1.807, 2.05) is 52.6 Å². The van der Waals surface area contributed by atoms with Gasteiger partial charge in [-0.1, -0.05) is 18.2 Å². The van der Waals surface area contributed by atoms with Gasteiger partial charge in [-0.2, -0.15) is 15.9 Å². The van der Waals surface area contributed by atoms with Crippen molar-refractivity contribution in [2.75, 3.05) is 5.32 Å². The third-order valence-electron chi connectivity index (χ3n) is 4.16. The number of rotatable bonds is 5. The first kappa shape index (κ1) is 16.3. The summed E-state index contributed by atoms with van der Waals surface area (Å²) in [6.45, 7) is 2.19. The lowest BCUT2D eigenvalue weighted by Gasteiger charge is -2.10. The number of nitrogens with one attached hydrogen (secondary N) is 1. The van der Waals surface area contributed by atoms with Gasteiger partial charge in [0.15, 0.2) is 6.20 Å². The van der Waals surface area contributed by atoms with Crippen LogP contribution < -0.4 is 15.6 Å². The van der Waals surface area contributed by atoms with Crippen molar-refractivity contribution in [3.05, 3.63) is 65.2 Å². The fraction of sp³-hybridized carbons (Fsp3) is 0.105. The van der Waals surface area contributed by atoms with Crippen LogP contribution in [0.2, 0.25) is 0 Å². The number of hydrogen-bond donors (Lipinski definition) is 2. The molecule has 0 aliphatic carbocycles. The van der Waals surface area contributed by atoms with Crippen molar-refractivity contribution in [2.45, 2.75) is 13.5 Å². The summed E-state index contributed by atoms with van der Waals surface area (Å²) in [4.78, 5) is 16.0. The average Bonchev–Trinajstić information content (AvgIpc) is 3.24. The number of thiophene rings is 1. The number of fused-ring (bicyclic) bond motifs is 1. The van der Waals surface area contributed by atoms with Crippen LogP contribution in [0.5, 0.6) is 0 Å². The van der Waals surface area contributed by atoms with Crippen LogP contribution in [0.15, 0.2) is 59.7 Å². The number of aryl methyl sites for hydroxylation is 1. The van der Waals surface area contributed by atoms with Gasteiger partial charge in [-0.15, -0.1) is 0 Å². The van der Waals surface area contributed by atoms with Gasteiger partial charge in [0.05, 0.1) is 6.20 Å². The number of anilines is 2. The maximum Gasteiger partial charge on any atom is 0.283 e.